The summed E-state index contributed by atoms with van der Waals surface area (Å²) in [5.74, 6) is -0.474. The van der Waals surface area contributed by atoms with Gasteiger partial charge < -0.3 is 0 Å². The highest BCUT2D eigenvalue weighted by Crippen LogP contribution is 2.16. The molecule has 0 saturated heterocycles. The molecule has 0 atom stereocenters. The molecule has 1 aromatic carbocycles. The molecule has 0 aliphatic heterocycles. The molecule has 0 unspecified atom stereocenters. The van der Waals surface area contributed by atoms with E-state index in [2.05, 4.69) is 20.9 Å². The lowest BCUT2D eigenvalue weighted by Gasteiger charge is -2.02. The zero-order valence-corrected chi connectivity index (χ0v) is 10.4. The summed E-state index contributed by atoms with van der Waals surface area (Å²) < 4.78 is 13.6. The van der Waals surface area contributed by atoms with Gasteiger partial charge in [0.15, 0.2) is 5.78 Å². The van der Waals surface area contributed by atoms with Gasteiger partial charge in [-0.25, -0.2) is 4.39 Å². The molecule has 0 N–H and O–H groups in total. The number of pyridine rings is 1. The van der Waals surface area contributed by atoms with Crippen molar-refractivity contribution in [2.45, 2.75) is 6.42 Å². The number of carbonyl (C=O) groups excluding carboxylic acids is 1. The second-order valence-corrected chi connectivity index (χ2v) is 4.42. The molecule has 2 aromatic rings. The van der Waals surface area contributed by atoms with Gasteiger partial charge in [-0.2, -0.15) is 0 Å². The van der Waals surface area contributed by atoms with Crippen molar-refractivity contribution in [3.8, 4) is 0 Å². The van der Waals surface area contributed by atoms with Crippen LogP contribution in [-0.2, 0) is 6.42 Å². The zero-order valence-electron chi connectivity index (χ0n) is 8.86. The molecule has 0 aliphatic rings. The van der Waals surface area contributed by atoms with Gasteiger partial charge >= 0.3 is 0 Å². The van der Waals surface area contributed by atoms with Crippen LogP contribution in [0, 0.1) is 5.82 Å². The Balaban J connectivity index is 2.20. The molecular weight excluding hydrogens is 285 g/mol. The van der Waals surface area contributed by atoms with E-state index in [1.54, 1.807) is 30.5 Å². The average molecular weight is 294 g/mol. The summed E-state index contributed by atoms with van der Waals surface area (Å²) in [6, 6.07) is 9.51. The van der Waals surface area contributed by atoms with Crippen LogP contribution in [0.1, 0.15) is 16.1 Å². The predicted molar refractivity (Wildman–Crippen MR) is 66.4 cm³/mol. The van der Waals surface area contributed by atoms with E-state index in [0.717, 1.165) is 0 Å². The molecule has 0 aliphatic carbocycles. The first kappa shape index (κ1) is 11.9. The summed E-state index contributed by atoms with van der Waals surface area (Å²) in [6.07, 6.45) is 1.71. The first-order valence-corrected chi connectivity index (χ1v) is 5.84. The van der Waals surface area contributed by atoms with E-state index in [4.69, 9.17) is 0 Å². The van der Waals surface area contributed by atoms with E-state index in [1.807, 2.05) is 0 Å². The minimum absolute atomic E-state index is 0.136. The smallest absolute Gasteiger partial charge is 0.186 e. The number of hydrogen-bond acceptors (Lipinski definition) is 2. The molecule has 86 valence electrons. The maximum atomic E-state index is 13.0. The SMILES string of the molecule is O=C(Cc1cccc(F)c1)c1ncccc1Br. The Hall–Kier alpha value is -1.55. The van der Waals surface area contributed by atoms with Crippen molar-refractivity contribution < 1.29 is 9.18 Å². The van der Waals surface area contributed by atoms with Crippen LogP contribution in [0.15, 0.2) is 47.1 Å². The molecule has 2 rings (SSSR count). The highest BCUT2D eigenvalue weighted by atomic mass is 79.9. The van der Waals surface area contributed by atoms with Gasteiger partial charge in [-0.05, 0) is 45.8 Å². The van der Waals surface area contributed by atoms with Crippen LogP contribution in [0.25, 0.3) is 0 Å². The number of rotatable bonds is 3. The van der Waals surface area contributed by atoms with E-state index in [9.17, 15) is 9.18 Å². The summed E-state index contributed by atoms with van der Waals surface area (Å²) in [5, 5.41) is 0. The Bertz CT molecular complexity index is 557. The molecule has 2 nitrogen and oxygen atoms in total. The normalized spacial score (nSPS) is 10.2. The van der Waals surface area contributed by atoms with E-state index in [0.29, 0.717) is 15.7 Å². The predicted octanol–water partition coefficient (Wildman–Crippen LogP) is 3.41. The first-order valence-electron chi connectivity index (χ1n) is 5.05. The van der Waals surface area contributed by atoms with Crippen molar-refractivity contribution in [2.24, 2.45) is 0 Å². The zero-order chi connectivity index (χ0) is 12.3. The van der Waals surface area contributed by atoms with Crippen molar-refractivity contribution >= 4 is 21.7 Å². The third-order valence-corrected chi connectivity index (χ3v) is 2.92. The number of halogens is 2. The number of hydrogen-bond donors (Lipinski definition) is 0. The molecule has 17 heavy (non-hydrogen) atoms. The monoisotopic (exact) mass is 293 g/mol. The van der Waals surface area contributed by atoms with Crippen LogP contribution in [-0.4, -0.2) is 10.8 Å². The van der Waals surface area contributed by atoms with Gasteiger partial charge in [-0.1, -0.05) is 12.1 Å². The summed E-state index contributed by atoms with van der Waals surface area (Å²) >= 11 is 3.27. The lowest BCUT2D eigenvalue weighted by Crippen LogP contribution is -2.06. The van der Waals surface area contributed by atoms with E-state index < -0.39 is 0 Å². The van der Waals surface area contributed by atoms with E-state index in [-0.39, 0.29) is 18.0 Å². The fourth-order valence-corrected chi connectivity index (χ4v) is 1.98. The molecular formula is C13H9BrFNO. The number of Topliss-reactive ketones (excluding diaryl/α,β-unsaturated/α-hetero) is 1. The van der Waals surface area contributed by atoms with E-state index >= 15 is 0 Å². The van der Waals surface area contributed by atoms with Crippen LogP contribution >= 0.6 is 15.9 Å². The second-order valence-electron chi connectivity index (χ2n) is 3.56. The first-order chi connectivity index (χ1) is 8.16. The number of carbonyl (C=O) groups is 1. The Morgan fingerprint density at radius 1 is 1.29 bits per heavy atom. The maximum Gasteiger partial charge on any atom is 0.186 e. The number of nitrogens with zero attached hydrogens (tertiary/aromatic N) is 1. The largest absolute Gasteiger partial charge is 0.292 e. The van der Waals surface area contributed by atoms with Crippen molar-refractivity contribution in [2.75, 3.05) is 0 Å². The summed E-state index contributed by atoms with van der Waals surface area (Å²) in [6.45, 7) is 0. The summed E-state index contributed by atoms with van der Waals surface area (Å²) in [7, 11) is 0. The van der Waals surface area contributed by atoms with Crippen molar-refractivity contribution in [3.63, 3.8) is 0 Å². The number of aromatic nitrogens is 1. The highest BCUT2D eigenvalue weighted by molar-refractivity contribution is 9.10. The minimum Gasteiger partial charge on any atom is -0.292 e. The van der Waals surface area contributed by atoms with E-state index in [1.165, 1.54) is 12.1 Å². The molecule has 0 bridgehead atoms. The Kier molecular flexibility index (Phi) is 3.64. The average Bonchev–Trinajstić information content (AvgIpc) is 2.29. The van der Waals surface area contributed by atoms with Crippen LogP contribution in [0.2, 0.25) is 0 Å². The maximum absolute atomic E-state index is 13.0. The third-order valence-electron chi connectivity index (χ3n) is 2.28. The van der Waals surface area contributed by atoms with Gasteiger partial charge in [0, 0.05) is 17.1 Å². The highest BCUT2D eigenvalue weighted by Gasteiger charge is 2.11. The van der Waals surface area contributed by atoms with Gasteiger partial charge in [-0.15, -0.1) is 0 Å². The van der Waals surface area contributed by atoms with Crippen molar-refractivity contribution in [3.05, 3.63) is 64.1 Å². The standard InChI is InChI=1S/C13H9BrFNO/c14-11-5-2-6-16-13(11)12(17)8-9-3-1-4-10(15)7-9/h1-7H,8H2. The van der Waals surface area contributed by atoms with Gasteiger partial charge in [0.2, 0.25) is 0 Å². The van der Waals surface area contributed by atoms with Crippen molar-refractivity contribution in [1.29, 1.82) is 0 Å². The van der Waals surface area contributed by atoms with Crippen LogP contribution < -0.4 is 0 Å². The van der Waals surface area contributed by atoms with Gasteiger partial charge in [0.25, 0.3) is 0 Å². The molecule has 4 heteroatoms. The second kappa shape index (κ2) is 5.19. The van der Waals surface area contributed by atoms with Gasteiger partial charge in [0.1, 0.15) is 11.5 Å². The Morgan fingerprint density at radius 3 is 2.82 bits per heavy atom. The lowest BCUT2D eigenvalue weighted by molar-refractivity contribution is 0.0987. The molecule has 1 heterocycles. The summed E-state index contributed by atoms with van der Waals surface area (Å²) in [5.41, 5.74) is 1.02. The quantitative estimate of drug-likeness (QED) is 0.812. The topological polar surface area (TPSA) is 30.0 Å². The minimum atomic E-state index is -0.338. The molecule has 1 aromatic heterocycles. The Labute approximate surface area is 107 Å². The number of ketones is 1. The molecule has 0 amide bonds. The third kappa shape index (κ3) is 2.97. The van der Waals surface area contributed by atoms with Gasteiger partial charge in [0.05, 0.1) is 0 Å². The van der Waals surface area contributed by atoms with Gasteiger partial charge in [-0.3, -0.25) is 9.78 Å². The van der Waals surface area contributed by atoms with Crippen molar-refractivity contribution in [1.82, 2.24) is 4.98 Å². The fraction of sp³-hybridized carbons (Fsp3) is 0.0769. The molecule has 0 saturated carbocycles. The molecule has 0 spiro atoms. The lowest BCUT2D eigenvalue weighted by atomic mass is 10.1. The van der Waals surface area contributed by atoms with Crippen LogP contribution in [0.4, 0.5) is 4.39 Å². The number of benzene rings is 1. The Morgan fingerprint density at radius 2 is 2.12 bits per heavy atom. The molecule has 0 radical (unpaired) electrons. The molecule has 0 fully saturated rings. The summed E-state index contributed by atoms with van der Waals surface area (Å²) in [4.78, 5) is 15.9. The van der Waals surface area contributed by atoms with Crippen LogP contribution in [0.3, 0.4) is 0 Å². The van der Waals surface area contributed by atoms with Crippen LogP contribution in [0.5, 0.6) is 0 Å². The fourth-order valence-electron chi connectivity index (χ4n) is 1.51.